The number of carbonyl (C=O) groups is 2. The Morgan fingerprint density at radius 3 is 2.46 bits per heavy atom. The van der Waals surface area contributed by atoms with E-state index in [2.05, 4.69) is 10.0 Å². The fraction of sp³-hybridized carbons (Fsp3) is 0.222. The number of nitrogens with zero attached hydrogens (tertiary/aromatic N) is 1. The van der Waals surface area contributed by atoms with Crippen molar-refractivity contribution < 1.29 is 18.0 Å². The molecule has 0 aromatic heterocycles. The summed E-state index contributed by atoms with van der Waals surface area (Å²) in [5.41, 5.74) is 1.60. The molecule has 0 aliphatic carbocycles. The molecule has 2 aromatic carbocycles. The van der Waals surface area contributed by atoms with Crippen molar-refractivity contribution in [2.45, 2.75) is 6.42 Å². The number of benzene rings is 2. The Labute approximate surface area is 152 Å². The summed E-state index contributed by atoms with van der Waals surface area (Å²) in [5.74, 6) is -0.827. The lowest BCUT2D eigenvalue weighted by Crippen LogP contribution is -2.28. The molecular weight excluding hydrogens is 354 g/mol. The number of sulfonamides is 1. The Bertz CT molecular complexity index is 928. The molecule has 1 fully saturated rings. The maximum Gasteiger partial charge on any atom is 0.229 e. The van der Waals surface area contributed by atoms with Gasteiger partial charge in [-0.1, -0.05) is 24.3 Å². The Morgan fingerprint density at radius 1 is 1.08 bits per heavy atom. The van der Waals surface area contributed by atoms with Crippen LogP contribution in [0.4, 0.5) is 17.1 Å². The van der Waals surface area contributed by atoms with Crippen molar-refractivity contribution in [2.75, 3.05) is 27.7 Å². The predicted molar refractivity (Wildman–Crippen MR) is 100 cm³/mol. The topological polar surface area (TPSA) is 95.6 Å². The van der Waals surface area contributed by atoms with Crippen LogP contribution in [-0.2, 0) is 19.6 Å². The Balaban J connectivity index is 1.68. The second kappa shape index (κ2) is 7.17. The smallest absolute Gasteiger partial charge is 0.229 e. The van der Waals surface area contributed by atoms with Crippen LogP contribution in [0.2, 0.25) is 0 Å². The summed E-state index contributed by atoms with van der Waals surface area (Å²) in [4.78, 5) is 26.3. The van der Waals surface area contributed by atoms with E-state index in [4.69, 9.17) is 0 Å². The van der Waals surface area contributed by atoms with Gasteiger partial charge in [-0.15, -0.1) is 0 Å². The Hall–Kier alpha value is -2.87. The maximum absolute atomic E-state index is 12.5. The largest absolute Gasteiger partial charge is 0.326 e. The average Bonchev–Trinajstić information content (AvgIpc) is 2.96. The molecule has 8 heteroatoms. The fourth-order valence-corrected chi connectivity index (χ4v) is 3.41. The van der Waals surface area contributed by atoms with Gasteiger partial charge in [-0.2, -0.15) is 0 Å². The maximum atomic E-state index is 12.5. The van der Waals surface area contributed by atoms with Crippen LogP contribution in [0, 0.1) is 5.92 Å². The number of nitrogens with one attached hydrogen (secondary N) is 2. The number of carbonyl (C=O) groups excluding carboxylic acids is 2. The van der Waals surface area contributed by atoms with Crippen molar-refractivity contribution in [1.29, 1.82) is 0 Å². The molecule has 1 aliphatic heterocycles. The highest BCUT2D eigenvalue weighted by atomic mass is 32.2. The van der Waals surface area contributed by atoms with Gasteiger partial charge in [0.1, 0.15) is 0 Å². The molecule has 0 spiro atoms. The quantitative estimate of drug-likeness (QED) is 0.838. The van der Waals surface area contributed by atoms with Gasteiger partial charge in [0.2, 0.25) is 21.8 Å². The SMILES string of the molecule is CS(=O)(=O)Nc1cccc(NC(=O)[C@H]2CC(=O)N(c3ccccc3)C2)c1. The van der Waals surface area contributed by atoms with Gasteiger partial charge in [-0.05, 0) is 30.3 Å². The molecule has 1 atom stereocenters. The highest BCUT2D eigenvalue weighted by Gasteiger charge is 2.35. The van der Waals surface area contributed by atoms with Gasteiger partial charge in [-0.25, -0.2) is 8.42 Å². The minimum Gasteiger partial charge on any atom is -0.326 e. The van der Waals surface area contributed by atoms with E-state index in [9.17, 15) is 18.0 Å². The van der Waals surface area contributed by atoms with Gasteiger partial charge in [0.05, 0.1) is 17.9 Å². The normalized spacial score (nSPS) is 17.2. The number of para-hydroxylation sites is 1. The molecule has 1 saturated heterocycles. The van der Waals surface area contributed by atoms with E-state index in [1.165, 1.54) is 6.07 Å². The van der Waals surface area contributed by atoms with Gasteiger partial charge in [0.25, 0.3) is 0 Å². The minimum atomic E-state index is -3.40. The summed E-state index contributed by atoms with van der Waals surface area (Å²) in [5, 5.41) is 2.75. The van der Waals surface area contributed by atoms with Crippen LogP contribution in [0.25, 0.3) is 0 Å². The van der Waals surface area contributed by atoms with Crippen LogP contribution in [0.3, 0.4) is 0 Å². The fourth-order valence-electron chi connectivity index (χ4n) is 2.86. The molecule has 0 unspecified atom stereocenters. The van der Waals surface area contributed by atoms with Crippen LogP contribution in [0.1, 0.15) is 6.42 Å². The molecule has 1 heterocycles. The molecule has 0 saturated carbocycles. The third kappa shape index (κ3) is 4.40. The van der Waals surface area contributed by atoms with Crippen molar-refractivity contribution in [3.8, 4) is 0 Å². The molecule has 2 aromatic rings. The van der Waals surface area contributed by atoms with E-state index in [1.54, 1.807) is 23.1 Å². The summed E-state index contributed by atoms with van der Waals surface area (Å²) in [6, 6.07) is 15.6. The molecule has 0 radical (unpaired) electrons. The molecule has 1 aliphatic rings. The first-order chi connectivity index (χ1) is 12.3. The number of rotatable bonds is 5. The molecule has 136 valence electrons. The molecule has 2 N–H and O–H groups in total. The van der Waals surface area contributed by atoms with Crippen LogP contribution in [-0.4, -0.2) is 33.0 Å². The van der Waals surface area contributed by atoms with E-state index in [0.717, 1.165) is 11.9 Å². The first-order valence-electron chi connectivity index (χ1n) is 8.06. The van der Waals surface area contributed by atoms with Gasteiger partial charge >= 0.3 is 0 Å². The number of hydrogen-bond acceptors (Lipinski definition) is 4. The molecule has 7 nitrogen and oxygen atoms in total. The lowest BCUT2D eigenvalue weighted by atomic mass is 10.1. The predicted octanol–water partition coefficient (Wildman–Crippen LogP) is 2.05. The zero-order valence-electron chi connectivity index (χ0n) is 14.2. The standard InChI is InChI=1S/C18H19N3O4S/c1-26(24,25)20-15-7-5-6-14(11-15)19-18(23)13-10-17(22)21(12-13)16-8-3-2-4-9-16/h2-9,11,13,20H,10,12H2,1H3,(H,19,23)/t13-/m0/s1. The Morgan fingerprint density at radius 2 is 1.77 bits per heavy atom. The van der Waals surface area contributed by atoms with Crippen LogP contribution < -0.4 is 14.9 Å². The van der Waals surface area contributed by atoms with Crippen molar-refractivity contribution in [3.05, 3.63) is 54.6 Å². The van der Waals surface area contributed by atoms with Crippen molar-refractivity contribution in [3.63, 3.8) is 0 Å². The highest BCUT2D eigenvalue weighted by Crippen LogP contribution is 2.26. The van der Waals surface area contributed by atoms with Gasteiger partial charge < -0.3 is 10.2 Å². The molecule has 26 heavy (non-hydrogen) atoms. The number of anilines is 3. The van der Waals surface area contributed by atoms with Crippen molar-refractivity contribution in [1.82, 2.24) is 0 Å². The first-order valence-corrected chi connectivity index (χ1v) is 9.95. The summed E-state index contributed by atoms with van der Waals surface area (Å²) in [6.07, 6.45) is 1.20. The summed E-state index contributed by atoms with van der Waals surface area (Å²) < 4.78 is 25.0. The van der Waals surface area contributed by atoms with E-state index < -0.39 is 15.9 Å². The van der Waals surface area contributed by atoms with E-state index in [0.29, 0.717) is 17.9 Å². The lowest BCUT2D eigenvalue weighted by Gasteiger charge is -2.16. The summed E-state index contributed by atoms with van der Waals surface area (Å²) in [7, 11) is -3.40. The second-order valence-electron chi connectivity index (χ2n) is 6.19. The molecule has 2 amide bonds. The van der Waals surface area contributed by atoms with Gasteiger partial charge in [-0.3, -0.25) is 14.3 Å². The van der Waals surface area contributed by atoms with Crippen molar-refractivity contribution >= 4 is 38.9 Å². The highest BCUT2D eigenvalue weighted by molar-refractivity contribution is 7.92. The van der Waals surface area contributed by atoms with Gasteiger partial charge in [0.15, 0.2) is 0 Å². The zero-order chi connectivity index (χ0) is 18.7. The first kappa shape index (κ1) is 17.9. The number of hydrogen-bond donors (Lipinski definition) is 2. The third-order valence-electron chi connectivity index (χ3n) is 4.00. The summed E-state index contributed by atoms with van der Waals surface area (Å²) >= 11 is 0. The second-order valence-corrected chi connectivity index (χ2v) is 7.93. The summed E-state index contributed by atoms with van der Waals surface area (Å²) in [6.45, 7) is 0.315. The van der Waals surface area contributed by atoms with E-state index in [-0.39, 0.29) is 18.2 Å². The van der Waals surface area contributed by atoms with E-state index >= 15 is 0 Å². The van der Waals surface area contributed by atoms with Crippen LogP contribution >= 0.6 is 0 Å². The molecule has 3 rings (SSSR count). The monoisotopic (exact) mass is 373 g/mol. The van der Waals surface area contributed by atoms with E-state index in [1.807, 2.05) is 30.3 Å². The zero-order valence-corrected chi connectivity index (χ0v) is 15.0. The number of amides is 2. The average molecular weight is 373 g/mol. The molecular formula is C18H19N3O4S. The Kier molecular flexibility index (Phi) is 4.94. The van der Waals surface area contributed by atoms with Crippen molar-refractivity contribution in [2.24, 2.45) is 5.92 Å². The minimum absolute atomic E-state index is 0.0937. The lowest BCUT2D eigenvalue weighted by molar-refractivity contribution is -0.122. The van der Waals surface area contributed by atoms with Crippen LogP contribution in [0.15, 0.2) is 54.6 Å². The molecule has 0 bridgehead atoms. The third-order valence-corrected chi connectivity index (χ3v) is 4.60. The van der Waals surface area contributed by atoms with Crippen LogP contribution in [0.5, 0.6) is 0 Å². The van der Waals surface area contributed by atoms with Gasteiger partial charge in [0, 0.05) is 24.3 Å².